The van der Waals surface area contributed by atoms with Crippen LogP contribution in [0.2, 0.25) is 5.02 Å². The normalized spacial score (nSPS) is 10.2. The first-order valence-electron chi connectivity index (χ1n) is 6.23. The standard InChI is InChI=1S/C15H15ClN2O3/c1-8-3-9(2)14(13(16)4-8)18-15(21)17-10-5-11(19)7-12(20)6-10/h3-7,19-20H,1-2H3,(H2,17,18,21). The Balaban J connectivity index is 2.15. The van der Waals surface area contributed by atoms with Crippen LogP contribution in [0.1, 0.15) is 11.1 Å². The Bertz CT molecular complexity index is 658. The number of hydrogen-bond donors (Lipinski definition) is 4. The summed E-state index contributed by atoms with van der Waals surface area (Å²) in [6.07, 6.45) is 0. The molecule has 0 atom stereocenters. The molecule has 2 aromatic rings. The van der Waals surface area contributed by atoms with Crippen LogP contribution < -0.4 is 10.6 Å². The van der Waals surface area contributed by atoms with E-state index in [4.69, 9.17) is 11.6 Å². The number of urea groups is 1. The molecule has 0 saturated carbocycles. The molecule has 0 fully saturated rings. The van der Waals surface area contributed by atoms with Crippen molar-refractivity contribution in [1.29, 1.82) is 0 Å². The summed E-state index contributed by atoms with van der Waals surface area (Å²) in [6, 6.07) is 6.95. The Kier molecular flexibility index (Phi) is 4.23. The average molecular weight is 307 g/mol. The number of carbonyl (C=O) groups is 1. The van der Waals surface area contributed by atoms with E-state index in [0.29, 0.717) is 10.7 Å². The van der Waals surface area contributed by atoms with E-state index < -0.39 is 6.03 Å². The molecule has 0 unspecified atom stereocenters. The van der Waals surface area contributed by atoms with Crippen LogP contribution in [0.15, 0.2) is 30.3 Å². The summed E-state index contributed by atoms with van der Waals surface area (Å²) in [5.74, 6) is -0.287. The number of phenolic OH excluding ortho intramolecular Hbond substituents is 2. The van der Waals surface area contributed by atoms with Crippen molar-refractivity contribution in [3.63, 3.8) is 0 Å². The Labute approximate surface area is 127 Å². The van der Waals surface area contributed by atoms with Crippen molar-refractivity contribution >= 4 is 29.0 Å². The zero-order valence-electron chi connectivity index (χ0n) is 11.6. The molecule has 2 aromatic carbocycles. The number of amides is 2. The average Bonchev–Trinajstić information content (AvgIpc) is 2.32. The molecule has 0 radical (unpaired) electrons. The second-order valence-corrected chi connectivity index (χ2v) is 5.16. The number of nitrogens with one attached hydrogen (secondary N) is 2. The molecule has 0 spiro atoms. The highest BCUT2D eigenvalue weighted by molar-refractivity contribution is 6.34. The van der Waals surface area contributed by atoms with Gasteiger partial charge in [0.2, 0.25) is 0 Å². The largest absolute Gasteiger partial charge is 0.508 e. The maximum absolute atomic E-state index is 11.9. The highest BCUT2D eigenvalue weighted by Crippen LogP contribution is 2.28. The summed E-state index contributed by atoms with van der Waals surface area (Å²) >= 11 is 6.11. The predicted octanol–water partition coefficient (Wildman–Crippen LogP) is 4.01. The summed E-state index contributed by atoms with van der Waals surface area (Å²) in [5.41, 5.74) is 2.63. The number of aromatic hydroxyl groups is 2. The highest BCUT2D eigenvalue weighted by Gasteiger charge is 2.10. The monoisotopic (exact) mass is 306 g/mol. The first-order valence-corrected chi connectivity index (χ1v) is 6.61. The summed E-state index contributed by atoms with van der Waals surface area (Å²) in [5, 5.41) is 24.3. The van der Waals surface area contributed by atoms with Crippen molar-refractivity contribution in [2.75, 3.05) is 10.6 Å². The fourth-order valence-corrected chi connectivity index (χ4v) is 2.39. The van der Waals surface area contributed by atoms with E-state index in [-0.39, 0.29) is 17.2 Å². The lowest BCUT2D eigenvalue weighted by Crippen LogP contribution is -2.20. The lowest BCUT2D eigenvalue weighted by atomic mass is 10.1. The molecule has 2 amide bonds. The number of phenols is 2. The minimum Gasteiger partial charge on any atom is -0.508 e. The lowest BCUT2D eigenvalue weighted by Gasteiger charge is -2.12. The number of hydrogen-bond acceptors (Lipinski definition) is 3. The molecule has 0 aliphatic carbocycles. The Morgan fingerprint density at radius 1 is 1.00 bits per heavy atom. The van der Waals surface area contributed by atoms with Gasteiger partial charge in [-0.1, -0.05) is 17.7 Å². The van der Waals surface area contributed by atoms with Crippen molar-refractivity contribution in [3.05, 3.63) is 46.5 Å². The molecule has 0 aliphatic heterocycles. The van der Waals surface area contributed by atoms with Crippen LogP contribution in [0, 0.1) is 13.8 Å². The molecular weight excluding hydrogens is 292 g/mol. The van der Waals surface area contributed by atoms with Crippen molar-refractivity contribution in [3.8, 4) is 11.5 Å². The lowest BCUT2D eigenvalue weighted by molar-refractivity contribution is 0.262. The number of rotatable bonds is 2. The third-order valence-corrected chi connectivity index (χ3v) is 3.13. The van der Waals surface area contributed by atoms with Crippen LogP contribution in [0.4, 0.5) is 16.2 Å². The molecule has 5 nitrogen and oxygen atoms in total. The van der Waals surface area contributed by atoms with Gasteiger partial charge in [0.15, 0.2) is 0 Å². The predicted molar refractivity (Wildman–Crippen MR) is 83.3 cm³/mol. The molecule has 2 rings (SSSR count). The van der Waals surface area contributed by atoms with Crippen molar-refractivity contribution < 1.29 is 15.0 Å². The molecule has 0 heterocycles. The number of anilines is 2. The molecule has 0 aromatic heterocycles. The SMILES string of the molecule is Cc1cc(C)c(NC(=O)Nc2cc(O)cc(O)c2)c(Cl)c1. The minimum absolute atomic E-state index is 0.144. The van der Waals surface area contributed by atoms with Crippen molar-refractivity contribution in [2.24, 2.45) is 0 Å². The van der Waals surface area contributed by atoms with Gasteiger partial charge < -0.3 is 20.8 Å². The van der Waals surface area contributed by atoms with Crippen LogP contribution in [-0.4, -0.2) is 16.2 Å². The number of benzene rings is 2. The van der Waals surface area contributed by atoms with E-state index in [1.807, 2.05) is 19.9 Å². The fourth-order valence-electron chi connectivity index (χ4n) is 2.02. The highest BCUT2D eigenvalue weighted by atomic mass is 35.5. The first kappa shape index (κ1) is 15.0. The number of halogens is 1. The number of aryl methyl sites for hydroxylation is 2. The molecule has 4 N–H and O–H groups in total. The van der Waals surface area contributed by atoms with Gasteiger partial charge in [-0.05, 0) is 31.0 Å². The van der Waals surface area contributed by atoms with E-state index >= 15 is 0 Å². The Hall–Kier alpha value is -2.40. The van der Waals surface area contributed by atoms with Gasteiger partial charge in [0.05, 0.1) is 10.7 Å². The van der Waals surface area contributed by atoms with Gasteiger partial charge in [-0.3, -0.25) is 0 Å². The van der Waals surface area contributed by atoms with E-state index in [1.165, 1.54) is 18.2 Å². The summed E-state index contributed by atoms with van der Waals surface area (Å²) < 4.78 is 0. The zero-order chi connectivity index (χ0) is 15.6. The summed E-state index contributed by atoms with van der Waals surface area (Å²) in [6.45, 7) is 3.76. The zero-order valence-corrected chi connectivity index (χ0v) is 12.3. The van der Waals surface area contributed by atoms with Crippen LogP contribution >= 0.6 is 11.6 Å². The Morgan fingerprint density at radius 3 is 2.19 bits per heavy atom. The topological polar surface area (TPSA) is 81.6 Å². The van der Waals surface area contributed by atoms with Gasteiger partial charge in [-0.25, -0.2) is 4.79 Å². The van der Waals surface area contributed by atoms with Crippen LogP contribution in [-0.2, 0) is 0 Å². The second kappa shape index (κ2) is 5.93. The summed E-state index contributed by atoms with van der Waals surface area (Å²) in [7, 11) is 0. The van der Waals surface area contributed by atoms with Gasteiger partial charge >= 0.3 is 6.03 Å². The molecular formula is C15H15ClN2O3. The summed E-state index contributed by atoms with van der Waals surface area (Å²) in [4.78, 5) is 11.9. The number of carbonyl (C=O) groups excluding carboxylic acids is 1. The van der Waals surface area contributed by atoms with Crippen LogP contribution in [0.3, 0.4) is 0 Å². The molecule has 0 saturated heterocycles. The van der Waals surface area contributed by atoms with E-state index in [2.05, 4.69) is 10.6 Å². The van der Waals surface area contributed by atoms with Crippen molar-refractivity contribution in [2.45, 2.75) is 13.8 Å². The minimum atomic E-state index is -0.520. The fraction of sp³-hybridized carbons (Fsp3) is 0.133. The third kappa shape index (κ3) is 3.79. The van der Waals surface area contributed by atoms with Crippen LogP contribution in [0.5, 0.6) is 11.5 Å². The quantitative estimate of drug-likeness (QED) is 0.676. The second-order valence-electron chi connectivity index (χ2n) is 4.76. The van der Waals surface area contributed by atoms with Gasteiger partial charge in [-0.2, -0.15) is 0 Å². The van der Waals surface area contributed by atoms with Crippen LogP contribution in [0.25, 0.3) is 0 Å². The van der Waals surface area contributed by atoms with Crippen molar-refractivity contribution in [1.82, 2.24) is 0 Å². The molecule has 0 aliphatic rings. The first-order chi connectivity index (χ1) is 9.85. The van der Waals surface area contributed by atoms with E-state index in [9.17, 15) is 15.0 Å². The maximum Gasteiger partial charge on any atom is 0.323 e. The smallest absolute Gasteiger partial charge is 0.323 e. The molecule has 21 heavy (non-hydrogen) atoms. The molecule has 0 bridgehead atoms. The Morgan fingerprint density at radius 2 is 1.62 bits per heavy atom. The molecule has 110 valence electrons. The molecule has 6 heteroatoms. The van der Waals surface area contributed by atoms with Gasteiger partial charge in [0.1, 0.15) is 11.5 Å². The van der Waals surface area contributed by atoms with E-state index in [0.717, 1.165) is 11.1 Å². The van der Waals surface area contributed by atoms with Gasteiger partial charge in [-0.15, -0.1) is 0 Å². The third-order valence-electron chi connectivity index (χ3n) is 2.83. The maximum atomic E-state index is 11.9. The van der Waals surface area contributed by atoms with Gasteiger partial charge in [0.25, 0.3) is 0 Å². The van der Waals surface area contributed by atoms with E-state index in [1.54, 1.807) is 6.07 Å². The van der Waals surface area contributed by atoms with Gasteiger partial charge in [0, 0.05) is 23.9 Å².